The molecule has 1 atom stereocenters. The van der Waals surface area contributed by atoms with Gasteiger partial charge in [0, 0.05) is 6.08 Å². The molecule has 0 aliphatic rings. The number of esters is 1. The molecule has 2 aromatic rings. The number of amides is 1. The molecule has 0 aliphatic heterocycles. The van der Waals surface area contributed by atoms with Crippen LogP contribution in [0.5, 0.6) is 11.5 Å². The zero-order valence-electron chi connectivity index (χ0n) is 16.1. The van der Waals surface area contributed by atoms with Crippen LogP contribution in [0.15, 0.2) is 42.5 Å². The molecule has 0 radical (unpaired) electrons. The summed E-state index contributed by atoms with van der Waals surface area (Å²) in [5.41, 5.74) is 1.88. The fraction of sp³-hybridized carbons (Fsp3) is 0.238. The normalized spacial score (nSPS) is 11.8. The minimum atomic E-state index is -1.03. The first-order valence-corrected chi connectivity index (χ1v) is 8.51. The fourth-order valence-corrected chi connectivity index (χ4v) is 2.37. The van der Waals surface area contributed by atoms with Crippen LogP contribution in [0, 0.1) is 12.7 Å². The predicted molar refractivity (Wildman–Crippen MR) is 104 cm³/mol. The molecule has 0 saturated carbocycles. The summed E-state index contributed by atoms with van der Waals surface area (Å²) in [6.07, 6.45) is 1.48. The minimum absolute atomic E-state index is 0.108. The van der Waals surface area contributed by atoms with Crippen molar-refractivity contribution in [3.63, 3.8) is 0 Å². The Hall–Kier alpha value is -3.35. The number of rotatable bonds is 7. The smallest absolute Gasteiger partial charge is 0.331 e. The number of ether oxygens (including phenoxy) is 3. The molecule has 0 aliphatic carbocycles. The molecule has 148 valence electrons. The molecule has 0 spiro atoms. The van der Waals surface area contributed by atoms with E-state index in [9.17, 15) is 14.0 Å². The van der Waals surface area contributed by atoms with Gasteiger partial charge in [-0.1, -0.05) is 12.1 Å². The van der Waals surface area contributed by atoms with E-state index in [0.717, 1.165) is 11.6 Å². The Morgan fingerprint density at radius 3 is 2.39 bits per heavy atom. The molecule has 0 bridgehead atoms. The molecule has 0 unspecified atom stereocenters. The summed E-state index contributed by atoms with van der Waals surface area (Å²) in [4.78, 5) is 24.2. The van der Waals surface area contributed by atoms with Crippen molar-refractivity contribution in [2.75, 3.05) is 19.5 Å². The van der Waals surface area contributed by atoms with Crippen LogP contribution in [0.2, 0.25) is 0 Å². The number of carbonyl (C=O) groups is 2. The van der Waals surface area contributed by atoms with E-state index in [2.05, 4.69) is 5.32 Å². The minimum Gasteiger partial charge on any atom is -0.495 e. The Labute approximate surface area is 162 Å². The average Bonchev–Trinajstić information content (AvgIpc) is 2.66. The number of hydrogen-bond donors (Lipinski definition) is 1. The van der Waals surface area contributed by atoms with E-state index in [4.69, 9.17) is 14.2 Å². The third-order valence-corrected chi connectivity index (χ3v) is 3.86. The van der Waals surface area contributed by atoms with Gasteiger partial charge in [-0.25, -0.2) is 9.18 Å². The van der Waals surface area contributed by atoms with Crippen LogP contribution in [-0.4, -0.2) is 32.2 Å². The second-order valence-electron chi connectivity index (χ2n) is 6.00. The molecule has 0 heterocycles. The zero-order chi connectivity index (χ0) is 20.7. The van der Waals surface area contributed by atoms with E-state index >= 15 is 0 Å². The van der Waals surface area contributed by atoms with Gasteiger partial charge >= 0.3 is 5.97 Å². The number of benzene rings is 2. The summed E-state index contributed by atoms with van der Waals surface area (Å²) in [7, 11) is 2.86. The first-order chi connectivity index (χ1) is 13.3. The third kappa shape index (κ3) is 5.57. The molecule has 28 heavy (non-hydrogen) atoms. The van der Waals surface area contributed by atoms with Crippen molar-refractivity contribution in [3.8, 4) is 11.5 Å². The van der Waals surface area contributed by atoms with Crippen molar-refractivity contribution in [1.82, 2.24) is 0 Å². The lowest BCUT2D eigenvalue weighted by Gasteiger charge is -2.15. The Balaban J connectivity index is 1.97. The van der Waals surface area contributed by atoms with E-state index in [1.165, 1.54) is 39.4 Å². The molecule has 1 N–H and O–H groups in total. The molecule has 2 aromatic carbocycles. The lowest BCUT2D eigenvalue weighted by molar-refractivity contribution is -0.148. The Kier molecular flexibility index (Phi) is 7.14. The fourth-order valence-electron chi connectivity index (χ4n) is 2.37. The van der Waals surface area contributed by atoms with E-state index in [-0.39, 0.29) is 5.75 Å². The first-order valence-electron chi connectivity index (χ1n) is 8.51. The van der Waals surface area contributed by atoms with Gasteiger partial charge in [-0.15, -0.1) is 0 Å². The monoisotopic (exact) mass is 387 g/mol. The average molecular weight is 387 g/mol. The summed E-state index contributed by atoms with van der Waals surface area (Å²) in [6, 6.07) is 9.60. The van der Waals surface area contributed by atoms with Crippen LogP contribution >= 0.6 is 0 Å². The second kappa shape index (κ2) is 9.55. The van der Waals surface area contributed by atoms with Gasteiger partial charge in [-0.05, 0) is 55.3 Å². The van der Waals surface area contributed by atoms with Crippen LogP contribution in [0.1, 0.15) is 18.1 Å². The quantitative estimate of drug-likeness (QED) is 0.579. The van der Waals surface area contributed by atoms with Gasteiger partial charge in [0.25, 0.3) is 5.91 Å². The molecule has 0 aromatic heterocycles. The van der Waals surface area contributed by atoms with Crippen molar-refractivity contribution in [2.24, 2.45) is 0 Å². The van der Waals surface area contributed by atoms with E-state index in [0.29, 0.717) is 17.0 Å². The molecule has 1 amide bonds. The van der Waals surface area contributed by atoms with Gasteiger partial charge in [0.05, 0.1) is 19.9 Å². The largest absolute Gasteiger partial charge is 0.495 e. The van der Waals surface area contributed by atoms with Crippen molar-refractivity contribution in [3.05, 3.63) is 59.4 Å². The first kappa shape index (κ1) is 21.0. The Morgan fingerprint density at radius 1 is 1.07 bits per heavy atom. The standard InChI is InChI=1S/C21H22FNO5/c1-13-5-8-19(27-4)17(11-13)23-21(25)14(2)28-20(24)10-7-15-6-9-18(26-3)16(22)12-15/h5-12,14H,1-4H3,(H,23,25)/b10-7+/t14-/m1/s1. The van der Waals surface area contributed by atoms with Gasteiger partial charge in [0.15, 0.2) is 17.7 Å². The number of nitrogens with one attached hydrogen (secondary N) is 1. The Morgan fingerprint density at radius 2 is 1.75 bits per heavy atom. The van der Waals surface area contributed by atoms with Gasteiger partial charge in [-0.2, -0.15) is 0 Å². The summed E-state index contributed by atoms with van der Waals surface area (Å²) in [5.74, 6) is -1.16. The molecule has 0 fully saturated rings. The Bertz CT molecular complexity index is 894. The number of hydrogen-bond acceptors (Lipinski definition) is 5. The lowest BCUT2D eigenvalue weighted by atomic mass is 10.2. The highest BCUT2D eigenvalue weighted by Gasteiger charge is 2.18. The highest BCUT2D eigenvalue weighted by atomic mass is 19.1. The SMILES string of the molecule is COc1ccc(/C=C/C(=O)O[C@H](C)C(=O)Nc2cc(C)ccc2OC)cc1F. The third-order valence-electron chi connectivity index (χ3n) is 3.86. The van der Waals surface area contributed by atoms with Crippen LogP contribution in [0.4, 0.5) is 10.1 Å². The number of anilines is 1. The number of methoxy groups -OCH3 is 2. The van der Waals surface area contributed by atoms with Crippen molar-refractivity contribution < 1.29 is 28.2 Å². The van der Waals surface area contributed by atoms with Gasteiger partial charge < -0.3 is 19.5 Å². The maximum Gasteiger partial charge on any atom is 0.331 e. The van der Waals surface area contributed by atoms with Crippen LogP contribution in [-0.2, 0) is 14.3 Å². The van der Waals surface area contributed by atoms with E-state index < -0.39 is 23.8 Å². The lowest BCUT2D eigenvalue weighted by Crippen LogP contribution is -2.29. The summed E-state index contributed by atoms with van der Waals surface area (Å²) in [6.45, 7) is 3.34. The number of halogens is 1. The summed E-state index contributed by atoms with van der Waals surface area (Å²) >= 11 is 0. The van der Waals surface area contributed by atoms with Crippen molar-refractivity contribution in [2.45, 2.75) is 20.0 Å². The highest BCUT2D eigenvalue weighted by Crippen LogP contribution is 2.25. The highest BCUT2D eigenvalue weighted by molar-refractivity contribution is 5.97. The van der Waals surface area contributed by atoms with Crippen molar-refractivity contribution >= 4 is 23.6 Å². The van der Waals surface area contributed by atoms with Crippen LogP contribution in [0.25, 0.3) is 6.08 Å². The van der Waals surface area contributed by atoms with Crippen molar-refractivity contribution in [1.29, 1.82) is 0 Å². The zero-order valence-corrected chi connectivity index (χ0v) is 16.1. The maximum atomic E-state index is 13.6. The number of aryl methyl sites for hydroxylation is 1. The van der Waals surface area contributed by atoms with E-state index in [1.807, 2.05) is 13.0 Å². The van der Waals surface area contributed by atoms with Gasteiger partial charge in [-0.3, -0.25) is 4.79 Å². The number of carbonyl (C=O) groups excluding carboxylic acids is 2. The maximum absolute atomic E-state index is 13.6. The molecular weight excluding hydrogens is 365 g/mol. The second-order valence-corrected chi connectivity index (χ2v) is 6.00. The molecule has 2 rings (SSSR count). The van der Waals surface area contributed by atoms with Crippen LogP contribution < -0.4 is 14.8 Å². The van der Waals surface area contributed by atoms with Gasteiger partial charge in [0.1, 0.15) is 5.75 Å². The molecule has 7 heteroatoms. The van der Waals surface area contributed by atoms with Gasteiger partial charge in [0.2, 0.25) is 0 Å². The topological polar surface area (TPSA) is 73.9 Å². The molecular formula is C21H22FNO5. The summed E-state index contributed by atoms with van der Waals surface area (Å²) < 4.78 is 28.8. The summed E-state index contributed by atoms with van der Waals surface area (Å²) in [5, 5.41) is 2.67. The predicted octanol–water partition coefficient (Wildman–Crippen LogP) is 3.73. The van der Waals surface area contributed by atoms with Crippen LogP contribution in [0.3, 0.4) is 0 Å². The molecule has 0 saturated heterocycles. The van der Waals surface area contributed by atoms with E-state index in [1.54, 1.807) is 18.2 Å². The molecule has 6 nitrogen and oxygen atoms in total.